The molecule has 0 radical (unpaired) electrons. The number of carbonyl (C=O) groups is 1. The molecule has 2 saturated heterocycles. The van der Waals surface area contributed by atoms with Gasteiger partial charge in [0.25, 0.3) is 0 Å². The van der Waals surface area contributed by atoms with Gasteiger partial charge in [0, 0.05) is 49.1 Å². The first kappa shape index (κ1) is 20.7. The molecule has 2 aliphatic heterocycles. The van der Waals surface area contributed by atoms with E-state index in [0.29, 0.717) is 17.8 Å². The monoisotopic (exact) mass is 408 g/mol. The number of piperidine rings is 2. The van der Waals surface area contributed by atoms with Crippen LogP contribution in [0.2, 0.25) is 0 Å². The van der Waals surface area contributed by atoms with Gasteiger partial charge in [-0.2, -0.15) is 0 Å². The van der Waals surface area contributed by atoms with Gasteiger partial charge in [0.15, 0.2) is 0 Å². The van der Waals surface area contributed by atoms with E-state index in [4.69, 9.17) is 4.98 Å². The summed E-state index contributed by atoms with van der Waals surface area (Å²) in [5.41, 5.74) is 1.04. The number of likely N-dealkylation sites (tertiary alicyclic amines) is 2. The summed E-state index contributed by atoms with van der Waals surface area (Å²) in [7, 11) is 0. The number of nitrogens with zero attached hydrogens (tertiary/aromatic N) is 5. The number of anilines is 2. The zero-order chi connectivity index (χ0) is 20.9. The summed E-state index contributed by atoms with van der Waals surface area (Å²) >= 11 is 0. The molecule has 1 amide bonds. The molecular weight excluding hydrogens is 376 g/mol. The molecule has 4 heterocycles. The Balaban J connectivity index is 1.38. The number of nitrogens with one attached hydrogen (secondary N) is 1. The van der Waals surface area contributed by atoms with Crippen LogP contribution in [-0.2, 0) is 4.79 Å². The highest BCUT2D eigenvalue weighted by molar-refractivity contribution is 5.79. The van der Waals surface area contributed by atoms with Gasteiger partial charge in [-0.3, -0.25) is 9.78 Å². The topological polar surface area (TPSA) is 74.2 Å². The Morgan fingerprint density at radius 1 is 1.10 bits per heavy atom. The average molecular weight is 409 g/mol. The van der Waals surface area contributed by atoms with Gasteiger partial charge in [-0.25, -0.2) is 9.97 Å². The molecule has 160 valence electrons. The van der Waals surface area contributed by atoms with Crippen molar-refractivity contribution >= 4 is 17.5 Å². The normalized spacial score (nSPS) is 21.0. The molecule has 1 atom stereocenters. The molecule has 2 aromatic heterocycles. The fourth-order valence-corrected chi connectivity index (χ4v) is 4.58. The quantitative estimate of drug-likeness (QED) is 0.817. The molecule has 0 aromatic carbocycles. The van der Waals surface area contributed by atoms with Gasteiger partial charge in [-0.05, 0) is 64.8 Å². The van der Waals surface area contributed by atoms with E-state index in [9.17, 15) is 4.79 Å². The molecule has 0 aliphatic carbocycles. The lowest BCUT2D eigenvalue weighted by molar-refractivity contribution is -0.138. The largest absolute Gasteiger partial charge is 0.342 e. The molecule has 7 heteroatoms. The summed E-state index contributed by atoms with van der Waals surface area (Å²) in [6, 6.07) is 6.59. The zero-order valence-electron chi connectivity index (χ0n) is 18.0. The maximum Gasteiger partial charge on any atom is 0.225 e. The number of amides is 1. The molecule has 4 rings (SSSR count). The van der Waals surface area contributed by atoms with Crippen molar-refractivity contribution in [2.24, 2.45) is 5.92 Å². The van der Waals surface area contributed by atoms with Gasteiger partial charge in [-0.15, -0.1) is 0 Å². The van der Waals surface area contributed by atoms with Crippen molar-refractivity contribution in [2.45, 2.75) is 51.5 Å². The summed E-state index contributed by atoms with van der Waals surface area (Å²) in [5.74, 6) is 2.24. The Bertz CT molecular complexity index is 835. The Morgan fingerprint density at radius 3 is 2.67 bits per heavy atom. The lowest BCUT2D eigenvalue weighted by atomic mass is 9.90. The van der Waals surface area contributed by atoms with Gasteiger partial charge in [0.05, 0.1) is 6.20 Å². The lowest BCUT2D eigenvalue weighted by Gasteiger charge is -2.38. The molecule has 30 heavy (non-hydrogen) atoms. The maximum atomic E-state index is 13.2. The van der Waals surface area contributed by atoms with Gasteiger partial charge in [-0.1, -0.05) is 6.07 Å². The smallest absolute Gasteiger partial charge is 0.225 e. The highest BCUT2D eigenvalue weighted by Gasteiger charge is 2.32. The fourth-order valence-electron chi connectivity index (χ4n) is 4.58. The van der Waals surface area contributed by atoms with Crippen molar-refractivity contribution in [3.05, 3.63) is 42.5 Å². The molecule has 0 saturated carbocycles. The van der Waals surface area contributed by atoms with Crippen LogP contribution in [0.3, 0.4) is 0 Å². The number of pyridine rings is 1. The number of carbonyl (C=O) groups excluding carboxylic acids is 1. The van der Waals surface area contributed by atoms with Gasteiger partial charge >= 0.3 is 0 Å². The highest BCUT2D eigenvalue weighted by atomic mass is 16.2. The highest BCUT2D eigenvalue weighted by Crippen LogP contribution is 2.29. The first-order chi connectivity index (χ1) is 14.6. The molecule has 1 N–H and O–H groups in total. The van der Waals surface area contributed by atoms with Crippen LogP contribution in [0.1, 0.15) is 51.1 Å². The molecule has 2 fully saturated rings. The number of aromatic nitrogens is 3. The van der Waals surface area contributed by atoms with Crippen molar-refractivity contribution < 1.29 is 4.79 Å². The van der Waals surface area contributed by atoms with Gasteiger partial charge in [0.2, 0.25) is 5.91 Å². The number of hydrogen-bond donors (Lipinski definition) is 1. The van der Waals surface area contributed by atoms with Crippen LogP contribution in [0, 0.1) is 5.92 Å². The first-order valence-electron chi connectivity index (χ1n) is 11.1. The predicted molar refractivity (Wildman–Crippen MR) is 118 cm³/mol. The van der Waals surface area contributed by atoms with E-state index in [1.807, 2.05) is 12.1 Å². The second kappa shape index (κ2) is 9.51. The summed E-state index contributed by atoms with van der Waals surface area (Å²) < 4.78 is 0. The fraction of sp³-hybridized carbons (Fsp3) is 0.565. The molecule has 1 unspecified atom stereocenters. The van der Waals surface area contributed by atoms with Crippen LogP contribution >= 0.6 is 0 Å². The van der Waals surface area contributed by atoms with E-state index in [2.05, 4.69) is 45.0 Å². The van der Waals surface area contributed by atoms with Crippen molar-refractivity contribution in [1.82, 2.24) is 24.8 Å². The number of rotatable bonds is 5. The third-order valence-corrected chi connectivity index (χ3v) is 6.35. The number of hydrogen-bond acceptors (Lipinski definition) is 6. The Hall–Kier alpha value is -2.54. The maximum absolute atomic E-state index is 13.2. The minimum absolute atomic E-state index is 0.177. The first-order valence-corrected chi connectivity index (χ1v) is 11.1. The standard InChI is InChI=1S/C23H32N6O/c1-17(2)28-13-8-18(9-14-28)23(30)29-12-4-5-19(16-29)20-6-3-7-21(26-20)27-22-15-24-10-11-25-22/h3,6-7,10-11,15,17-19H,4-5,8-9,12-14,16H2,1-2H3,(H,25,26,27). The van der Waals surface area contributed by atoms with E-state index in [0.717, 1.165) is 63.4 Å². The summed E-state index contributed by atoms with van der Waals surface area (Å²) in [4.78, 5) is 30.9. The second-order valence-electron chi connectivity index (χ2n) is 8.69. The van der Waals surface area contributed by atoms with E-state index in [1.54, 1.807) is 18.6 Å². The predicted octanol–water partition coefficient (Wildman–Crippen LogP) is 3.44. The van der Waals surface area contributed by atoms with Crippen molar-refractivity contribution in [1.29, 1.82) is 0 Å². The van der Waals surface area contributed by atoms with Crippen molar-refractivity contribution in [3.63, 3.8) is 0 Å². The van der Waals surface area contributed by atoms with Crippen LogP contribution in [0.5, 0.6) is 0 Å². The summed E-state index contributed by atoms with van der Waals surface area (Å²) in [6.45, 7) is 8.17. The van der Waals surface area contributed by atoms with Crippen LogP contribution in [0.4, 0.5) is 11.6 Å². The Kier molecular flexibility index (Phi) is 6.57. The van der Waals surface area contributed by atoms with E-state index in [1.165, 1.54) is 0 Å². The SMILES string of the molecule is CC(C)N1CCC(C(=O)N2CCCC(c3cccc(Nc4cnccn4)n3)C2)CC1. The summed E-state index contributed by atoms with van der Waals surface area (Å²) in [6.07, 6.45) is 9.04. The molecule has 7 nitrogen and oxygen atoms in total. The van der Waals surface area contributed by atoms with Crippen molar-refractivity contribution in [3.8, 4) is 0 Å². The van der Waals surface area contributed by atoms with Crippen LogP contribution in [-0.4, -0.2) is 62.9 Å². The molecule has 0 bridgehead atoms. The molecule has 2 aromatic rings. The Morgan fingerprint density at radius 2 is 1.93 bits per heavy atom. The van der Waals surface area contributed by atoms with Crippen LogP contribution in [0.25, 0.3) is 0 Å². The van der Waals surface area contributed by atoms with Crippen molar-refractivity contribution in [2.75, 3.05) is 31.5 Å². The van der Waals surface area contributed by atoms with E-state index >= 15 is 0 Å². The summed E-state index contributed by atoms with van der Waals surface area (Å²) in [5, 5.41) is 3.21. The minimum atomic E-state index is 0.177. The van der Waals surface area contributed by atoms with E-state index in [-0.39, 0.29) is 11.8 Å². The lowest BCUT2D eigenvalue weighted by Crippen LogP contribution is -2.47. The van der Waals surface area contributed by atoms with Crippen LogP contribution in [0.15, 0.2) is 36.8 Å². The third kappa shape index (κ3) is 4.95. The Labute approximate surface area is 178 Å². The van der Waals surface area contributed by atoms with Crippen LogP contribution < -0.4 is 5.32 Å². The minimum Gasteiger partial charge on any atom is -0.342 e. The molecular formula is C23H32N6O. The second-order valence-corrected chi connectivity index (χ2v) is 8.69. The van der Waals surface area contributed by atoms with Gasteiger partial charge < -0.3 is 15.1 Å². The zero-order valence-corrected chi connectivity index (χ0v) is 18.0. The average Bonchev–Trinajstić information content (AvgIpc) is 2.79. The third-order valence-electron chi connectivity index (χ3n) is 6.35. The molecule has 2 aliphatic rings. The molecule has 0 spiro atoms. The van der Waals surface area contributed by atoms with Gasteiger partial charge in [0.1, 0.15) is 11.6 Å². The van der Waals surface area contributed by atoms with E-state index < -0.39 is 0 Å².